The Morgan fingerprint density at radius 2 is 1.37 bits per heavy atom. The number of halogens is 1. The number of carbonyl (C=O) groups excluding carboxylic acids is 2. The van der Waals surface area contributed by atoms with E-state index < -0.39 is 0 Å². The summed E-state index contributed by atoms with van der Waals surface area (Å²) in [6, 6.07) is 15.3. The maximum atomic E-state index is 11.7. The summed E-state index contributed by atoms with van der Waals surface area (Å²) in [5, 5.41) is 0. The van der Waals surface area contributed by atoms with E-state index in [1.807, 2.05) is 36.4 Å². The fourth-order valence-corrected chi connectivity index (χ4v) is 2.08. The zero-order valence-corrected chi connectivity index (χ0v) is 12.1. The first-order valence-corrected chi connectivity index (χ1v) is 6.74. The van der Waals surface area contributed by atoms with E-state index in [2.05, 4.69) is 15.9 Å². The van der Waals surface area contributed by atoms with Gasteiger partial charge in [-0.2, -0.15) is 0 Å². The van der Waals surface area contributed by atoms with Crippen LogP contribution in [-0.2, 0) is 4.79 Å². The Kier molecular flexibility index (Phi) is 4.27. The Bertz CT molecular complexity index is 598. The first-order chi connectivity index (χ1) is 9.06. The zero-order valence-electron chi connectivity index (χ0n) is 10.5. The summed E-state index contributed by atoms with van der Waals surface area (Å²) in [6.07, 6.45) is -0.0301. The maximum absolute atomic E-state index is 11.7. The number of benzene rings is 2. The lowest BCUT2D eigenvalue weighted by Gasteiger charge is -2.04. The molecule has 0 N–H and O–H groups in total. The van der Waals surface area contributed by atoms with Crippen LogP contribution in [0.5, 0.6) is 0 Å². The van der Waals surface area contributed by atoms with Crippen molar-refractivity contribution in [3.63, 3.8) is 0 Å². The second kappa shape index (κ2) is 5.93. The van der Waals surface area contributed by atoms with Crippen LogP contribution >= 0.6 is 15.9 Å². The lowest BCUT2D eigenvalue weighted by Crippen LogP contribution is -2.04. The van der Waals surface area contributed by atoms with E-state index in [0.29, 0.717) is 5.56 Å². The summed E-state index contributed by atoms with van der Waals surface area (Å²) < 4.78 is 1.03. The van der Waals surface area contributed by atoms with Crippen molar-refractivity contribution in [1.82, 2.24) is 0 Å². The van der Waals surface area contributed by atoms with E-state index in [1.54, 1.807) is 12.1 Å². The molecule has 0 unspecified atom stereocenters. The minimum absolute atomic E-state index is 0.0301. The van der Waals surface area contributed by atoms with Gasteiger partial charge in [0.2, 0.25) is 0 Å². The highest BCUT2D eigenvalue weighted by Crippen LogP contribution is 2.22. The van der Waals surface area contributed by atoms with Crippen molar-refractivity contribution in [2.45, 2.75) is 13.3 Å². The molecule has 0 radical (unpaired) electrons. The molecule has 0 aromatic heterocycles. The van der Waals surface area contributed by atoms with Crippen LogP contribution in [0.3, 0.4) is 0 Å². The van der Waals surface area contributed by atoms with Crippen LogP contribution in [0.15, 0.2) is 53.0 Å². The van der Waals surface area contributed by atoms with Gasteiger partial charge < -0.3 is 0 Å². The van der Waals surface area contributed by atoms with Crippen molar-refractivity contribution in [1.29, 1.82) is 0 Å². The number of hydrogen-bond donors (Lipinski definition) is 0. The quantitative estimate of drug-likeness (QED) is 0.623. The van der Waals surface area contributed by atoms with Gasteiger partial charge in [-0.05, 0) is 30.2 Å². The molecule has 0 saturated heterocycles. The van der Waals surface area contributed by atoms with Crippen LogP contribution in [0.1, 0.15) is 23.7 Å². The summed E-state index contributed by atoms with van der Waals surface area (Å²) in [5.74, 6) is -0.239. The van der Waals surface area contributed by atoms with E-state index in [1.165, 1.54) is 6.92 Å². The molecule has 2 aromatic rings. The van der Waals surface area contributed by atoms with Crippen molar-refractivity contribution in [3.05, 3.63) is 58.6 Å². The Hall–Kier alpha value is -1.74. The van der Waals surface area contributed by atoms with E-state index in [0.717, 1.165) is 15.6 Å². The zero-order chi connectivity index (χ0) is 13.8. The number of carbonyl (C=O) groups is 2. The Morgan fingerprint density at radius 1 is 0.895 bits per heavy atom. The SMILES string of the molecule is CC(=O)CC(=O)c1ccc(-c2ccc(Br)cc2)cc1. The normalized spacial score (nSPS) is 10.2. The molecular weight excluding hydrogens is 304 g/mol. The van der Waals surface area contributed by atoms with E-state index >= 15 is 0 Å². The van der Waals surface area contributed by atoms with Crippen LogP contribution in [-0.4, -0.2) is 11.6 Å². The van der Waals surface area contributed by atoms with Crippen molar-refractivity contribution in [3.8, 4) is 11.1 Å². The molecule has 0 saturated carbocycles. The monoisotopic (exact) mass is 316 g/mol. The topological polar surface area (TPSA) is 34.1 Å². The lowest BCUT2D eigenvalue weighted by atomic mass is 10.0. The molecule has 96 valence electrons. The van der Waals surface area contributed by atoms with Crippen molar-refractivity contribution < 1.29 is 9.59 Å². The molecule has 2 aromatic carbocycles. The number of ketones is 2. The van der Waals surface area contributed by atoms with E-state index in [-0.39, 0.29) is 18.0 Å². The fraction of sp³-hybridized carbons (Fsp3) is 0.125. The molecule has 0 fully saturated rings. The maximum Gasteiger partial charge on any atom is 0.170 e. The van der Waals surface area contributed by atoms with Gasteiger partial charge in [0.1, 0.15) is 5.78 Å². The largest absolute Gasteiger partial charge is 0.300 e. The van der Waals surface area contributed by atoms with Gasteiger partial charge in [0.25, 0.3) is 0 Å². The minimum Gasteiger partial charge on any atom is -0.300 e. The highest BCUT2D eigenvalue weighted by molar-refractivity contribution is 9.10. The molecule has 3 heteroatoms. The summed E-state index contributed by atoms with van der Waals surface area (Å²) in [4.78, 5) is 22.6. The molecule has 2 nitrogen and oxygen atoms in total. The molecule has 0 bridgehead atoms. The number of rotatable bonds is 4. The molecule has 0 aliphatic heterocycles. The summed E-state index contributed by atoms with van der Waals surface area (Å²) in [6.45, 7) is 1.42. The Morgan fingerprint density at radius 3 is 1.84 bits per heavy atom. The first kappa shape index (κ1) is 13.7. The first-order valence-electron chi connectivity index (χ1n) is 5.95. The van der Waals surface area contributed by atoms with Gasteiger partial charge in [-0.3, -0.25) is 9.59 Å². The average Bonchev–Trinajstić information content (AvgIpc) is 2.39. The Balaban J connectivity index is 2.21. The lowest BCUT2D eigenvalue weighted by molar-refractivity contribution is -0.116. The third-order valence-corrected chi connectivity index (χ3v) is 3.32. The van der Waals surface area contributed by atoms with Gasteiger partial charge in [-0.25, -0.2) is 0 Å². The van der Waals surface area contributed by atoms with Gasteiger partial charge >= 0.3 is 0 Å². The Labute approximate surface area is 120 Å². The van der Waals surface area contributed by atoms with Crippen LogP contribution < -0.4 is 0 Å². The minimum atomic E-state index is -0.130. The number of hydrogen-bond acceptors (Lipinski definition) is 2. The third-order valence-electron chi connectivity index (χ3n) is 2.79. The third kappa shape index (κ3) is 3.61. The second-order valence-corrected chi connectivity index (χ2v) is 5.30. The molecule has 0 atom stereocenters. The molecular formula is C16H13BrO2. The average molecular weight is 317 g/mol. The van der Waals surface area contributed by atoms with E-state index in [9.17, 15) is 9.59 Å². The molecule has 0 aliphatic carbocycles. The van der Waals surface area contributed by atoms with Crippen molar-refractivity contribution >= 4 is 27.5 Å². The van der Waals surface area contributed by atoms with Gasteiger partial charge in [-0.1, -0.05) is 52.3 Å². The number of Topliss-reactive ketones (excluding diaryl/α,β-unsaturated/α-hetero) is 2. The van der Waals surface area contributed by atoms with Gasteiger partial charge in [-0.15, -0.1) is 0 Å². The van der Waals surface area contributed by atoms with Crippen molar-refractivity contribution in [2.24, 2.45) is 0 Å². The molecule has 2 rings (SSSR count). The summed E-state index contributed by atoms with van der Waals surface area (Å²) in [5.41, 5.74) is 2.72. The smallest absolute Gasteiger partial charge is 0.170 e. The molecule has 0 aliphatic rings. The highest BCUT2D eigenvalue weighted by Gasteiger charge is 2.08. The predicted molar refractivity (Wildman–Crippen MR) is 79.2 cm³/mol. The van der Waals surface area contributed by atoms with Crippen LogP contribution in [0.2, 0.25) is 0 Å². The molecule has 0 spiro atoms. The summed E-state index contributed by atoms with van der Waals surface area (Å²) >= 11 is 3.39. The van der Waals surface area contributed by atoms with E-state index in [4.69, 9.17) is 0 Å². The molecule has 0 heterocycles. The van der Waals surface area contributed by atoms with Crippen molar-refractivity contribution in [2.75, 3.05) is 0 Å². The molecule has 0 amide bonds. The standard InChI is InChI=1S/C16H13BrO2/c1-11(18)10-16(19)14-4-2-12(3-5-14)13-6-8-15(17)9-7-13/h2-9H,10H2,1H3. The van der Waals surface area contributed by atoms with Crippen LogP contribution in [0.25, 0.3) is 11.1 Å². The van der Waals surface area contributed by atoms with Gasteiger partial charge in [0, 0.05) is 10.0 Å². The predicted octanol–water partition coefficient (Wildman–Crippen LogP) is 4.28. The highest BCUT2D eigenvalue weighted by atomic mass is 79.9. The molecule has 19 heavy (non-hydrogen) atoms. The summed E-state index contributed by atoms with van der Waals surface area (Å²) in [7, 11) is 0. The fourth-order valence-electron chi connectivity index (χ4n) is 1.82. The van der Waals surface area contributed by atoms with Crippen LogP contribution in [0, 0.1) is 0 Å². The van der Waals surface area contributed by atoms with Gasteiger partial charge in [0.15, 0.2) is 5.78 Å². The second-order valence-electron chi connectivity index (χ2n) is 4.39. The van der Waals surface area contributed by atoms with Crippen LogP contribution in [0.4, 0.5) is 0 Å². The van der Waals surface area contributed by atoms with Gasteiger partial charge in [0.05, 0.1) is 6.42 Å².